The molecule has 0 fully saturated rings. The van der Waals surface area contributed by atoms with E-state index in [1.54, 1.807) is 0 Å². The van der Waals surface area contributed by atoms with E-state index in [-0.39, 0.29) is 5.03 Å². The van der Waals surface area contributed by atoms with Gasteiger partial charge in [-0.05, 0) is 30.3 Å². The molecule has 0 heterocycles. The van der Waals surface area contributed by atoms with Crippen LogP contribution in [0, 0.1) is 10.1 Å². The number of carbonyl (C=O) groups is 1. The number of hydrogen-bond acceptors (Lipinski definition) is 3. The summed E-state index contributed by atoms with van der Waals surface area (Å²) in [6.07, 6.45) is 3.37. The first kappa shape index (κ1) is 11.9. The Morgan fingerprint density at radius 2 is 2.00 bits per heavy atom. The van der Waals surface area contributed by atoms with Crippen LogP contribution in [0.3, 0.4) is 0 Å². The summed E-state index contributed by atoms with van der Waals surface area (Å²) in [5.41, 5.74) is -0.437. The van der Waals surface area contributed by atoms with Gasteiger partial charge in [-0.1, -0.05) is 17.7 Å². The summed E-state index contributed by atoms with van der Waals surface area (Å²) in [6.45, 7) is 3.10. The molecule has 6 heteroatoms. The predicted octanol–water partition coefficient (Wildman–Crippen LogP) is 2.22. The molecule has 0 aliphatic rings. The SMILES string of the molecule is C=C(/C(Cl)=C\C=C\C(=O)Cl)[N+](=O)[O-]. The number of nitro groups is 1. The Labute approximate surface area is 84.3 Å². The highest BCUT2D eigenvalue weighted by Gasteiger charge is 2.09. The van der Waals surface area contributed by atoms with Gasteiger partial charge in [0, 0.05) is 0 Å². The van der Waals surface area contributed by atoms with E-state index in [0.717, 1.165) is 12.2 Å². The van der Waals surface area contributed by atoms with Crippen LogP contribution in [0.25, 0.3) is 0 Å². The average Bonchev–Trinajstić information content (AvgIpc) is 2.02. The molecular weight excluding hydrogens is 217 g/mol. The molecule has 0 rings (SSSR count). The highest BCUT2D eigenvalue weighted by Crippen LogP contribution is 2.12. The number of halogens is 2. The molecule has 0 saturated carbocycles. The van der Waals surface area contributed by atoms with Crippen LogP contribution in [-0.2, 0) is 4.79 Å². The third-order valence-electron chi connectivity index (χ3n) is 0.966. The Kier molecular flexibility index (Phi) is 5.03. The molecule has 0 aliphatic heterocycles. The summed E-state index contributed by atoms with van der Waals surface area (Å²) in [7, 11) is 0. The van der Waals surface area contributed by atoms with Gasteiger partial charge in [-0.25, -0.2) is 0 Å². The number of hydrogen-bond donors (Lipinski definition) is 0. The van der Waals surface area contributed by atoms with Crippen molar-refractivity contribution in [2.45, 2.75) is 0 Å². The standard InChI is InChI=1S/C7H5Cl2NO3/c1-5(10(12)13)6(8)3-2-4-7(9)11/h2-4H,1H2/b4-2+,6-3+. The van der Waals surface area contributed by atoms with Crippen LogP contribution in [0.1, 0.15) is 0 Å². The maximum atomic E-state index is 10.2. The van der Waals surface area contributed by atoms with Gasteiger partial charge in [0.05, 0.1) is 4.92 Å². The van der Waals surface area contributed by atoms with Crippen molar-refractivity contribution in [3.8, 4) is 0 Å². The van der Waals surface area contributed by atoms with Crippen LogP contribution < -0.4 is 0 Å². The van der Waals surface area contributed by atoms with Crippen molar-refractivity contribution in [2.75, 3.05) is 0 Å². The largest absolute Gasteiger partial charge is 0.280 e. The lowest BCUT2D eigenvalue weighted by molar-refractivity contribution is -0.419. The molecule has 4 nitrogen and oxygen atoms in total. The number of carbonyl (C=O) groups excluding carboxylic acids is 1. The van der Waals surface area contributed by atoms with E-state index >= 15 is 0 Å². The van der Waals surface area contributed by atoms with Gasteiger partial charge in [0.1, 0.15) is 5.03 Å². The second-order valence-corrected chi connectivity index (χ2v) is 2.66. The van der Waals surface area contributed by atoms with E-state index in [1.807, 2.05) is 0 Å². The minimum absolute atomic E-state index is 0.154. The fourth-order valence-corrected chi connectivity index (χ4v) is 0.606. The molecule has 0 spiro atoms. The zero-order valence-electron chi connectivity index (χ0n) is 6.37. The molecule has 70 valence electrons. The molecule has 0 saturated heterocycles. The van der Waals surface area contributed by atoms with Crippen molar-refractivity contribution in [3.05, 3.63) is 45.7 Å². The van der Waals surface area contributed by atoms with Crippen molar-refractivity contribution in [3.63, 3.8) is 0 Å². The molecule has 0 unspecified atom stereocenters. The van der Waals surface area contributed by atoms with E-state index < -0.39 is 15.9 Å². The minimum atomic E-state index is -0.727. The van der Waals surface area contributed by atoms with Gasteiger partial charge < -0.3 is 0 Å². The van der Waals surface area contributed by atoms with E-state index in [0.29, 0.717) is 0 Å². The van der Waals surface area contributed by atoms with Crippen molar-refractivity contribution >= 4 is 28.4 Å². The van der Waals surface area contributed by atoms with Gasteiger partial charge in [0.2, 0.25) is 5.24 Å². The van der Waals surface area contributed by atoms with E-state index in [9.17, 15) is 14.9 Å². The van der Waals surface area contributed by atoms with Crippen molar-refractivity contribution in [1.82, 2.24) is 0 Å². The third kappa shape index (κ3) is 5.16. The van der Waals surface area contributed by atoms with Crippen LogP contribution in [-0.4, -0.2) is 10.2 Å². The summed E-state index contributed by atoms with van der Waals surface area (Å²) in [5.74, 6) is 0. The lowest BCUT2D eigenvalue weighted by Gasteiger charge is -1.90. The first-order valence-corrected chi connectivity index (χ1v) is 3.77. The second kappa shape index (κ2) is 5.50. The van der Waals surface area contributed by atoms with Crippen LogP contribution in [0.4, 0.5) is 0 Å². The van der Waals surface area contributed by atoms with Crippen LogP contribution in [0.2, 0.25) is 0 Å². The zero-order chi connectivity index (χ0) is 10.4. The zero-order valence-corrected chi connectivity index (χ0v) is 7.88. The van der Waals surface area contributed by atoms with Gasteiger partial charge in [0.25, 0.3) is 5.70 Å². The molecule has 0 atom stereocenters. The Balaban J connectivity index is 4.42. The molecule has 0 aromatic rings. The van der Waals surface area contributed by atoms with Gasteiger partial charge in [0.15, 0.2) is 0 Å². The van der Waals surface area contributed by atoms with Gasteiger partial charge in [-0.3, -0.25) is 14.9 Å². The summed E-state index contributed by atoms with van der Waals surface area (Å²) >= 11 is 10.4. The molecule has 0 aromatic carbocycles. The van der Waals surface area contributed by atoms with Crippen LogP contribution in [0.5, 0.6) is 0 Å². The molecule has 13 heavy (non-hydrogen) atoms. The lowest BCUT2D eigenvalue weighted by Crippen LogP contribution is -1.95. The maximum Gasteiger partial charge on any atom is 0.280 e. The highest BCUT2D eigenvalue weighted by molar-refractivity contribution is 6.66. The summed E-state index contributed by atoms with van der Waals surface area (Å²) in [4.78, 5) is 19.6. The summed E-state index contributed by atoms with van der Waals surface area (Å²) in [6, 6.07) is 0. The Morgan fingerprint density at radius 1 is 1.46 bits per heavy atom. The quantitative estimate of drug-likeness (QED) is 0.241. The first-order chi connectivity index (χ1) is 5.95. The maximum absolute atomic E-state index is 10.2. The molecule has 0 bridgehead atoms. The topological polar surface area (TPSA) is 60.2 Å². The fraction of sp³-hybridized carbons (Fsp3) is 0. The van der Waals surface area contributed by atoms with Gasteiger partial charge in [-0.2, -0.15) is 0 Å². The predicted molar refractivity (Wildman–Crippen MR) is 50.1 cm³/mol. The minimum Gasteiger partial charge on any atom is -0.276 e. The highest BCUT2D eigenvalue weighted by atomic mass is 35.5. The Hall–Kier alpha value is -1.13. The fourth-order valence-electron chi connectivity index (χ4n) is 0.392. The molecule has 0 N–H and O–H groups in total. The summed E-state index contributed by atoms with van der Waals surface area (Å²) < 4.78 is 0. The van der Waals surface area contributed by atoms with Gasteiger partial charge >= 0.3 is 0 Å². The average molecular weight is 222 g/mol. The normalized spacial score (nSPS) is 11.7. The van der Waals surface area contributed by atoms with Gasteiger partial charge in [-0.15, -0.1) is 0 Å². The molecule has 0 aromatic heterocycles. The molecule has 0 radical (unpaired) electrons. The first-order valence-electron chi connectivity index (χ1n) is 3.02. The smallest absolute Gasteiger partial charge is 0.276 e. The van der Waals surface area contributed by atoms with Crippen LogP contribution >= 0.6 is 23.2 Å². The second-order valence-electron chi connectivity index (χ2n) is 1.88. The number of rotatable bonds is 4. The Bertz CT molecular complexity index is 307. The monoisotopic (exact) mass is 221 g/mol. The van der Waals surface area contributed by atoms with E-state index in [2.05, 4.69) is 6.58 Å². The van der Waals surface area contributed by atoms with E-state index in [1.165, 1.54) is 6.08 Å². The van der Waals surface area contributed by atoms with Crippen molar-refractivity contribution < 1.29 is 9.72 Å². The Morgan fingerprint density at radius 3 is 2.38 bits per heavy atom. The van der Waals surface area contributed by atoms with Crippen molar-refractivity contribution in [1.29, 1.82) is 0 Å². The van der Waals surface area contributed by atoms with Crippen LogP contribution in [0.15, 0.2) is 35.5 Å². The third-order valence-corrected chi connectivity index (χ3v) is 1.44. The summed E-state index contributed by atoms with van der Waals surface area (Å²) in [5, 5.41) is 9.26. The van der Waals surface area contributed by atoms with Crippen molar-refractivity contribution in [2.24, 2.45) is 0 Å². The molecule has 0 aliphatic carbocycles. The molecule has 0 amide bonds. The van der Waals surface area contributed by atoms with E-state index in [4.69, 9.17) is 23.2 Å². The number of nitrogens with zero attached hydrogens (tertiary/aromatic N) is 1. The lowest BCUT2D eigenvalue weighted by atomic mass is 10.4. The molecular formula is C7H5Cl2NO3. The number of allylic oxidation sites excluding steroid dienone is 4.